The third kappa shape index (κ3) is 1.85. The van der Waals surface area contributed by atoms with Crippen molar-refractivity contribution in [2.75, 3.05) is 13.1 Å². The van der Waals surface area contributed by atoms with Gasteiger partial charge >= 0.3 is 0 Å². The van der Waals surface area contributed by atoms with Gasteiger partial charge in [-0.2, -0.15) is 0 Å². The molecule has 2 aromatic rings. The van der Waals surface area contributed by atoms with Crippen LogP contribution >= 0.6 is 0 Å². The Kier molecular flexibility index (Phi) is 2.44. The number of rotatable bonds is 2. The van der Waals surface area contributed by atoms with Crippen LogP contribution in [0, 0.1) is 6.92 Å². The highest BCUT2D eigenvalue weighted by atomic mass is 15.1. The lowest BCUT2D eigenvalue weighted by molar-refractivity contribution is 0.331. The first-order valence-corrected chi connectivity index (χ1v) is 6.12. The molecule has 1 N–H and O–H groups in total. The topological polar surface area (TPSA) is 19.0 Å². The van der Waals surface area contributed by atoms with Crippen molar-refractivity contribution in [3.05, 3.63) is 35.5 Å². The van der Waals surface area contributed by atoms with Gasteiger partial charge < -0.3 is 4.98 Å². The molecule has 0 atom stereocenters. The van der Waals surface area contributed by atoms with Gasteiger partial charge in [-0.3, -0.25) is 4.90 Å². The van der Waals surface area contributed by atoms with E-state index >= 15 is 0 Å². The molecule has 1 aliphatic rings. The van der Waals surface area contributed by atoms with Gasteiger partial charge in [-0.15, -0.1) is 0 Å². The zero-order valence-electron chi connectivity index (χ0n) is 9.79. The molecule has 16 heavy (non-hydrogen) atoms. The van der Waals surface area contributed by atoms with Crippen LogP contribution in [0.3, 0.4) is 0 Å². The van der Waals surface area contributed by atoms with Crippen molar-refractivity contribution in [3.8, 4) is 0 Å². The Hall–Kier alpha value is -1.28. The molecule has 1 aromatic heterocycles. The van der Waals surface area contributed by atoms with E-state index in [0.717, 1.165) is 6.54 Å². The molecule has 84 valence electrons. The van der Waals surface area contributed by atoms with Gasteiger partial charge in [0, 0.05) is 17.8 Å². The van der Waals surface area contributed by atoms with Gasteiger partial charge in [0.1, 0.15) is 0 Å². The molecule has 1 aromatic carbocycles. The molecule has 3 rings (SSSR count). The number of hydrogen-bond acceptors (Lipinski definition) is 1. The minimum atomic E-state index is 1.11. The summed E-state index contributed by atoms with van der Waals surface area (Å²) in [7, 11) is 0. The average molecular weight is 214 g/mol. The first-order chi connectivity index (χ1) is 7.81. The van der Waals surface area contributed by atoms with Crippen LogP contribution in [0.5, 0.6) is 0 Å². The minimum absolute atomic E-state index is 1.11. The smallest absolute Gasteiger partial charge is 0.0456 e. The quantitative estimate of drug-likeness (QED) is 0.814. The summed E-state index contributed by atoms with van der Waals surface area (Å²) in [5.74, 6) is 0. The number of nitrogens with zero attached hydrogens (tertiary/aromatic N) is 1. The summed E-state index contributed by atoms with van der Waals surface area (Å²) in [5.41, 5.74) is 3.93. The predicted octanol–water partition coefficient (Wildman–Crippen LogP) is 3.07. The van der Waals surface area contributed by atoms with E-state index in [-0.39, 0.29) is 0 Å². The Balaban J connectivity index is 1.86. The molecule has 0 bridgehead atoms. The zero-order valence-corrected chi connectivity index (χ0v) is 9.79. The summed E-state index contributed by atoms with van der Waals surface area (Å²) in [6, 6.07) is 8.99. The largest absolute Gasteiger partial charge is 0.359 e. The molecule has 2 heteroatoms. The standard InChI is InChI=1S/C14H18N2/c1-11-8-13-9-12(4-5-14(13)15-11)10-16-6-2-3-7-16/h4-5,8-9,15H,2-3,6-7,10H2,1H3. The van der Waals surface area contributed by atoms with E-state index in [9.17, 15) is 0 Å². The number of nitrogens with one attached hydrogen (secondary N) is 1. The fraction of sp³-hybridized carbons (Fsp3) is 0.429. The Morgan fingerprint density at radius 2 is 2.00 bits per heavy atom. The monoisotopic (exact) mass is 214 g/mol. The Bertz CT molecular complexity index is 492. The van der Waals surface area contributed by atoms with Gasteiger partial charge in [-0.25, -0.2) is 0 Å². The fourth-order valence-corrected chi connectivity index (χ4v) is 2.62. The zero-order chi connectivity index (χ0) is 11.0. The third-order valence-corrected chi connectivity index (χ3v) is 3.42. The average Bonchev–Trinajstić information content (AvgIpc) is 2.85. The van der Waals surface area contributed by atoms with Crippen molar-refractivity contribution in [3.63, 3.8) is 0 Å². The van der Waals surface area contributed by atoms with Gasteiger partial charge in [0.2, 0.25) is 0 Å². The van der Waals surface area contributed by atoms with Crippen molar-refractivity contribution >= 4 is 10.9 Å². The highest BCUT2D eigenvalue weighted by Crippen LogP contribution is 2.19. The fourth-order valence-electron chi connectivity index (χ4n) is 2.62. The molecule has 2 nitrogen and oxygen atoms in total. The van der Waals surface area contributed by atoms with Crippen LogP contribution in [-0.2, 0) is 6.54 Å². The Morgan fingerprint density at radius 3 is 2.81 bits per heavy atom. The normalized spacial score (nSPS) is 17.3. The number of aromatic amines is 1. The lowest BCUT2D eigenvalue weighted by Crippen LogP contribution is -2.18. The lowest BCUT2D eigenvalue weighted by atomic mass is 10.1. The second-order valence-electron chi connectivity index (χ2n) is 4.86. The number of aromatic nitrogens is 1. The van der Waals surface area contributed by atoms with E-state index in [0.29, 0.717) is 0 Å². The number of fused-ring (bicyclic) bond motifs is 1. The van der Waals surface area contributed by atoms with Crippen LogP contribution in [0.25, 0.3) is 10.9 Å². The van der Waals surface area contributed by atoms with Crippen molar-refractivity contribution in [2.24, 2.45) is 0 Å². The summed E-state index contributed by atoms with van der Waals surface area (Å²) in [6.07, 6.45) is 2.73. The van der Waals surface area contributed by atoms with Gasteiger partial charge in [-0.1, -0.05) is 6.07 Å². The van der Waals surface area contributed by atoms with E-state index < -0.39 is 0 Å². The Morgan fingerprint density at radius 1 is 1.19 bits per heavy atom. The van der Waals surface area contributed by atoms with Crippen LogP contribution in [0.15, 0.2) is 24.3 Å². The van der Waals surface area contributed by atoms with Crippen molar-refractivity contribution in [1.82, 2.24) is 9.88 Å². The first-order valence-electron chi connectivity index (χ1n) is 6.12. The maximum absolute atomic E-state index is 3.37. The molecule has 2 heterocycles. The Labute approximate surface area is 96.3 Å². The number of benzene rings is 1. The molecular formula is C14H18N2. The van der Waals surface area contributed by atoms with Crippen LogP contribution in [0.2, 0.25) is 0 Å². The van der Waals surface area contributed by atoms with Crippen LogP contribution in [-0.4, -0.2) is 23.0 Å². The van der Waals surface area contributed by atoms with Gasteiger partial charge in [0.15, 0.2) is 0 Å². The molecule has 0 unspecified atom stereocenters. The van der Waals surface area contributed by atoms with Gasteiger partial charge in [0.05, 0.1) is 0 Å². The second-order valence-corrected chi connectivity index (χ2v) is 4.86. The highest BCUT2D eigenvalue weighted by molar-refractivity contribution is 5.81. The summed E-state index contributed by atoms with van der Waals surface area (Å²) < 4.78 is 0. The molecule has 1 fully saturated rings. The van der Waals surface area contributed by atoms with Crippen LogP contribution in [0.4, 0.5) is 0 Å². The summed E-state index contributed by atoms with van der Waals surface area (Å²) >= 11 is 0. The summed E-state index contributed by atoms with van der Waals surface area (Å²) in [5, 5.41) is 1.34. The molecule has 0 saturated carbocycles. The van der Waals surface area contributed by atoms with Crippen molar-refractivity contribution in [2.45, 2.75) is 26.3 Å². The van der Waals surface area contributed by atoms with Gasteiger partial charge in [-0.05, 0) is 62.0 Å². The number of likely N-dealkylation sites (tertiary alicyclic amines) is 1. The first kappa shape index (κ1) is 9.91. The second kappa shape index (κ2) is 3.95. The van der Waals surface area contributed by atoms with E-state index in [4.69, 9.17) is 0 Å². The van der Waals surface area contributed by atoms with E-state index in [1.807, 2.05) is 0 Å². The van der Waals surface area contributed by atoms with E-state index in [2.05, 4.69) is 41.1 Å². The number of aryl methyl sites for hydroxylation is 1. The van der Waals surface area contributed by atoms with Crippen molar-refractivity contribution < 1.29 is 0 Å². The molecular weight excluding hydrogens is 196 g/mol. The van der Waals surface area contributed by atoms with Crippen LogP contribution < -0.4 is 0 Å². The summed E-state index contributed by atoms with van der Waals surface area (Å²) in [4.78, 5) is 5.91. The molecule has 0 aliphatic carbocycles. The van der Waals surface area contributed by atoms with Crippen molar-refractivity contribution in [1.29, 1.82) is 0 Å². The number of hydrogen-bond donors (Lipinski definition) is 1. The maximum Gasteiger partial charge on any atom is 0.0456 e. The number of H-pyrrole nitrogens is 1. The van der Waals surface area contributed by atoms with E-state index in [1.165, 1.54) is 48.1 Å². The maximum atomic E-state index is 3.37. The van der Waals surface area contributed by atoms with E-state index in [1.54, 1.807) is 0 Å². The summed E-state index contributed by atoms with van der Waals surface area (Å²) in [6.45, 7) is 5.76. The highest BCUT2D eigenvalue weighted by Gasteiger charge is 2.11. The van der Waals surface area contributed by atoms with Crippen LogP contribution in [0.1, 0.15) is 24.1 Å². The minimum Gasteiger partial charge on any atom is -0.359 e. The predicted molar refractivity (Wildman–Crippen MR) is 67.5 cm³/mol. The lowest BCUT2D eigenvalue weighted by Gasteiger charge is -2.14. The molecule has 1 saturated heterocycles. The molecule has 0 radical (unpaired) electrons. The van der Waals surface area contributed by atoms with Gasteiger partial charge in [0.25, 0.3) is 0 Å². The molecule has 1 aliphatic heterocycles. The SMILES string of the molecule is Cc1cc2cc(CN3CCCC3)ccc2[nH]1. The third-order valence-electron chi connectivity index (χ3n) is 3.42. The molecule has 0 spiro atoms. The molecule has 0 amide bonds.